The highest BCUT2D eigenvalue weighted by molar-refractivity contribution is 5.80. The average Bonchev–Trinajstić information content (AvgIpc) is 2.41. The number of aromatic nitrogens is 2. The maximum absolute atomic E-state index is 8.68. The third-order valence-corrected chi connectivity index (χ3v) is 3.05. The maximum atomic E-state index is 8.68. The molecule has 0 atom stereocenters. The lowest BCUT2D eigenvalue weighted by molar-refractivity contribution is 0.317. The van der Waals surface area contributed by atoms with Gasteiger partial charge in [-0.15, -0.1) is 0 Å². The summed E-state index contributed by atoms with van der Waals surface area (Å²) in [5.74, 6) is 2.77. The Morgan fingerprint density at radius 1 is 1.33 bits per heavy atom. The number of amidine groups is 1. The second kappa shape index (κ2) is 7.81. The molecule has 3 N–H and O–H groups in total. The van der Waals surface area contributed by atoms with Crippen molar-refractivity contribution in [3.63, 3.8) is 0 Å². The number of oxime groups is 1. The molecule has 0 saturated heterocycles. The molecule has 0 aromatic carbocycles. The molecular formula is C15H27N5O. The van der Waals surface area contributed by atoms with Gasteiger partial charge < -0.3 is 15.8 Å². The van der Waals surface area contributed by atoms with Gasteiger partial charge in [0.1, 0.15) is 17.5 Å². The number of nitrogens with two attached hydrogens (primary N) is 1. The molecule has 21 heavy (non-hydrogen) atoms. The molecule has 6 heteroatoms. The highest BCUT2D eigenvalue weighted by Crippen LogP contribution is 2.18. The Labute approximate surface area is 127 Å². The lowest BCUT2D eigenvalue weighted by Gasteiger charge is -2.26. The Balaban J connectivity index is 3.01. The highest BCUT2D eigenvalue weighted by Gasteiger charge is 2.14. The number of hydrogen-bond donors (Lipinski definition) is 2. The van der Waals surface area contributed by atoms with Gasteiger partial charge in [0.2, 0.25) is 0 Å². The zero-order chi connectivity index (χ0) is 16.0. The summed E-state index contributed by atoms with van der Waals surface area (Å²) in [4.78, 5) is 11.3. The van der Waals surface area contributed by atoms with Crippen LogP contribution >= 0.6 is 0 Å². The number of rotatable bonds is 7. The zero-order valence-electron chi connectivity index (χ0n) is 13.7. The molecule has 0 aliphatic heterocycles. The van der Waals surface area contributed by atoms with E-state index >= 15 is 0 Å². The summed E-state index contributed by atoms with van der Waals surface area (Å²) in [6.45, 7) is 12.0. The van der Waals surface area contributed by atoms with E-state index in [4.69, 9.17) is 10.9 Å². The SMILES string of the molecule is Cc1cc(N(CCC(N)=NO)CC(C)C)nc(C(C)C)n1. The third kappa shape index (κ3) is 5.57. The summed E-state index contributed by atoms with van der Waals surface area (Å²) in [7, 11) is 0. The molecule has 6 nitrogen and oxygen atoms in total. The van der Waals surface area contributed by atoms with Gasteiger partial charge in [-0.3, -0.25) is 0 Å². The molecule has 0 bridgehead atoms. The Kier molecular flexibility index (Phi) is 6.39. The molecule has 0 aliphatic rings. The van der Waals surface area contributed by atoms with Gasteiger partial charge in [-0.05, 0) is 12.8 Å². The van der Waals surface area contributed by atoms with Crippen LogP contribution in [0.2, 0.25) is 0 Å². The summed E-state index contributed by atoms with van der Waals surface area (Å²) in [5.41, 5.74) is 6.54. The normalized spacial score (nSPS) is 12.2. The fourth-order valence-electron chi connectivity index (χ4n) is 2.03. The third-order valence-electron chi connectivity index (χ3n) is 3.05. The van der Waals surface area contributed by atoms with E-state index in [2.05, 4.69) is 47.7 Å². The average molecular weight is 293 g/mol. The molecule has 0 aliphatic carbocycles. The number of anilines is 1. The van der Waals surface area contributed by atoms with Gasteiger partial charge in [0, 0.05) is 37.2 Å². The van der Waals surface area contributed by atoms with E-state index < -0.39 is 0 Å². The van der Waals surface area contributed by atoms with Crippen LogP contribution in [0, 0.1) is 12.8 Å². The monoisotopic (exact) mass is 293 g/mol. The van der Waals surface area contributed by atoms with E-state index in [1.165, 1.54) is 0 Å². The lowest BCUT2D eigenvalue weighted by Crippen LogP contribution is -2.32. The summed E-state index contributed by atoms with van der Waals surface area (Å²) < 4.78 is 0. The van der Waals surface area contributed by atoms with Crippen molar-refractivity contribution in [2.24, 2.45) is 16.8 Å². The van der Waals surface area contributed by atoms with Crippen LogP contribution in [0.25, 0.3) is 0 Å². The quantitative estimate of drug-likeness (QED) is 0.349. The minimum atomic E-state index is 0.235. The number of aryl methyl sites for hydroxylation is 1. The molecule has 0 fully saturated rings. The van der Waals surface area contributed by atoms with Crippen LogP contribution in [-0.2, 0) is 0 Å². The first-order valence-corrected chi connectivity index (χ1v) is 7.40. The lowest BCUT2D eigenvalue weighted by atomic mass is 10.2. The second-order valence-corrected chi connectivity index (χ2v) is 6.06. The Bertz CT molecular complexity index is 485. The molecule has 1 aromatic heterocycles. The van der Waals surface area contributed by atoms with Crippen molar-refractivity contribution in [3.8, 4) is 0 Å². The topological polar surface area (TPSA) is 87.6 Å². The fraction of sp³-hybridized carbons (Fsp3) is 0.667. The highest BCUT2D eigenvalue weighted by atomic mass is 16.4. The van der Waals surface area contributed by atoms with E-state index in [9.17, 15) is 0 Å². The van der Waals surface area contributed by atoms with Crippen LogP contribution in [-0.4, -0.2) is 34.1 Å². The number of hydrogen-bond acceptors (Lipinski definition) is 5. The van der Waals surface area contributed by atoms with E-state index in [1.54, 1.807) is 0 Å². The summed E-state index contributed by atoms with van der Waals surface area (Å²) in [5, 5.41) is 11.7. The van der Waals surface area contributed by atoms with Crippen molar-refractivity contribution in [1.82, 2.24) is 9.97 Å². The van der Waals surface area contributed by atoms with Crippen molar-refractivity contribution < 1.29 is 5.21 Å². The Morgan fingerprint density at radius 3 is 2.52 bits per heavy atom. The van der Waals surface area contributed by atoms with Gasteiger partial charge in [0.15, 0.2) is 0 Å². The zero-order valence-corrected chi connectivity index (χ0v) is 13.7. The van der Waals surface area contributed by atoms with Gasteiger partial charge in [-0.2, -0.15) is 0 Å². The van der Waals surface area contributed by atoms with Crippen molar-refractivity contribution in [2.75, 3.05) is 18.0 Å². The van der Waals surface area contributed by atoms with E-state index in [0.717, 1.165) is 23.9 Å². The molecule has 0 amide bonds. The van der Waals surface area contributed by atoms with Gasteiger partial charge in [-0.1, -0.05) is 32.9 Å². The second-order valence-electron chi connectivity index (χ2n) is 6.06. The van der Waals surface area contributed by atoms with Crippen LogP contribution in [0.1, 0.15) is 51.6 Å². The van der Waals surface area contributed by atoms with Gasteiger partial charge in [-0.25, -0.2) is 9.97 Å². The minimum absolute atomic E-state index is 0.235. The van der Waals surface area contributed by atoms with Crippen molar-refractivity contribution in [2.45, 2.75) is 47.0 Å². The summed E-state index contributed by atoms with van der Waals surface area (Å²) in [6.07, 6.45) is 0.503. The Hall–Kier alpha value is -1.85. The van der Waals surface area contributed by atoms with Crippen LogP contribution in [0.5, 0.6) is 0 Å². The van der Waals surface area contributed by atoms with E-state index in [0.29, 0.717) is 18.9 Å². The molecule has 1 heterocycles. The smallest absolute Gasteiger partial charge is 0.140 e. The van der Waals surface area contributed by atoms with Gasteiger partial charge in [0.05, 0.1) is 0 Å². The molecule has 118 valence electrons. The van der Waals surface area contributed by atoms with Crippen LogP contribution < -0.4 is 10.6 Å². The Morgan fingerprint density at radius 2 is 2.00 bits per heavy atom. The van der Waals surface area contributed by atoms with Crippen molar-refractivity contribution >= 4 is 11.7 Å². The summed E-state index contributed by atoms with van der Waals surface area (Å²) >= 11 is 0. The van der Waals surface area contributed by atoms with Crippen LogP contribution in [0.4, 0.5) is 5.82 Å². The largest absolute Gasteiger partial charge is 0.409 e. The van der Waals surface area contributed by atoms with Crippen molar-refractivity contribution in [1.29, 1.82) is 0 Å². The molecule has 1 aromatic rings. The fourth-order valence-corrected chi connectivity index (χ4v) is 2.03. The van der Waals surface area contributed by atoms with Gasteiger partial charge in [0.25, 0.3) is 0 Å². The first kappa shape index (κ1) is 17.2. The van der Waals surface area contributed by atoms with Crippen molar-refractivity contribution in [3.05, 3.63) is 17.6 Å². The predicted octanol–water partition coefficient (Wildman–Crippen LogP) is 2.51. The maximum Gasteiger partial charge on any atom is 0.140 e. The molecule has 0 spiro atoms. The minimum Gasteiger partial charge on any atom is -0.409 e. The molecule has 0 unspecified atom stereocenters. The molecule has 0 saturated carbocycles. The van der Waals surface area contributed by atoms with Crippen LogP contribution in [0.3, 0.4) is 0 Å². The standard InChI is InChI=1S/C15H27N5O/c1-10(2)9-20(7-6-13(16)19-21)14-8-12(5)17-15(18-14)11(3)4/h8,10-11,21H,6-7,9H2,1-5H3,(H2,16,19). The van der Waals surface area contributed by atoms with E-state index in [1.807, 2.05) is 13.0 Å². The first-order chi connectivity index (χ1) is 9.83. The summed E-state index contributed by atoms with van der Waals surface area (Å²) in [6, 6.07) is 1.99. The molecule has 0 radical (unpaired) electrons. The first-order valence-electron chi connectivity index (χ1n) is 7.40. The molecular weight excluding hydrogens is 266 g/mol. The predicted molar refractivity (Wildman–Crippen MR) is 85.9 cm³/mol. The van der Waals surface area contributed by atoms with Crippen LogP contribution in [0.15, 0.2) is 11.2 Å². The van der Waals surface area contributed by atoms with Gasteiger partial charge >= 0.3 is 0 Å². The molecule has 1 rings (SSSR count). The van der Waals surface area contributed by atoms with E-state index in [-0.39, 0.29) is 11.8 Å². The number of nitrogens with zero attached hydrogens (tertiary/aromatic N) is 4.